The first-order chi connectivity index (χ1) is 14.7. The molecule has 9 nitrogen and oxygen atoms in total. The van der Waals surface area contributed by atoms with Crippen molar-refractivity contribution in [3.8, 4) is 5.75 Å². The molecule has 31 heavy (non-hydrogen) atoms. The zero-order valence-corrected chi connectivity index (χ0v) is 16.1. The number of benzene rings is 1. The van der Waals surface area contributed by atoms with E-state index in [2.05, 4.69) is 20.0 Å². The molecular weight excluding hydrogens is 419 g/mol. The Bertz CT molecular complexity index is 977. The van der Waals surface area contributed by atoms with Crippen molar-refractivity contribution in [3.05, 3.63) is 48.0 Å². The van der Waals surface area contributed by atoms with Gasteiger partial charge in [-0.25, -0.2) is 4.98 Å². The molecule has 0 spiro atoms. The fourth-order valence-electron chi connectivity index (χ4n) is 3.72. The maximum absolute atomic E-state index is 12.8. The summed E-state index contributed by atoms with van der Waals surface area (Å²) in [6, 6.07) is 3.01. The summed E-state index contributed by atoms with van der Waals surface area (Å²) in [6.07, 6.45) is -1.48. The lowest BCUT2D eigenvalue weighted by Crippen LogP contribution is -2.70. The third-order valence-electron chi connectivity index (χ3n) is 5.18. The molecule has 2 saturated heterocycles. The minimum Gasteiger partial charge on any atom is -0.406 e. The molecule has 0 radical (unpaired) electrons. The van der Waals surface area contributed by atoms with Crippen LogP contribution < -0.4 is 10.1 Å². The summed E-state index contributed by atoms with van der Waals surface area (Å²) in [5, 5.41) is 2.69. The Morgan fingerprint density at radius 1 is 1.19 bits per heavy atom. The van der Waals surface area contributed by atoms with Crippen LogP contribution in [0, 0.1) is 0 Å². The van der Waals surface area contributed by atoms with E-state index in [-0.39, 0.29) is 43.4 Å². The predicted molar refractivity (Wildman–Crippen MR) is 98.8 cm³/mol. The number of imidazole rings is 1. The van der Waals surface area contributed by atoms with E-state index in [4.69, 9.17) is 0 Å². The van der Waals surface area contributed by atoms with Crippen molar-refractivity contribution in [3.63, 3.8) is 0 Å². The molecule has 0 aliphatic carbocycles. The molecule has 1 aromatic heterocycles. The summed E-state index contributed by atoms with van der Waals surface area (Å²) in [6.45, 7) is 0.372. The van der Waals surface area contributed by atoms with E-state index >= 15 is 0 Å². The maximum Gasteiger partial charge on any atom is 0.573 e. The highest BCUT2D eigenvalue weighted by Crippen LogP contribution is 2.24. The number of ether oxygens (including phenoxy) is 1. The second-order valence-corrected chi connectivity index (χ2v) is 7.21. The number of hydrogen-bond acceptors (Lipinski definition) is 5. The number of fused-ring (bicyclic) bond motifs is 1. The van der Waals surface area contributed by atoms with E-state index in [0.29, 0.717) is 5.69 Å². The normalized spacial score (nSPS) is 21.5. The standard InChI is InChI=1S/C19H18F3N5O4/c20-19(21,22)31-13-3-1-11(2-4-13)17(29)26-5-6-27-15(9-26)16(28)25-14(18(27)30)7-12-8-23-10-24-12/h1-4,8,10,14-15H,5-7,9H2,(H,23,24)(H,25,28)/t14-,15+/m0/s1. The van der Waals surface area contributed by atoms with Crippen LogP contribution in [0.2, 0.25) is 0 Å². The minimum absolute atomic E-state index is 0.00597. The van der Waals surface area contributed by atoms with Crippen LogP contribution in [0.15, 0.2) is 36.8 Å². The number of H-pyrrole nitrogens is 1. The number of aromatic amines is 1. The van der Waals surface area contributed by atoms with Crippen LogP contribution in [0.5, 0.6) is 5.75 Å². The number of hydrogen-bond donors (Lipinski definition) is 2. The molecule has 0 bridgehead atoms. The molecule has 2 aliphatic heterocycles. The van der Waals surface area contributed by atoms with E-state index in [1.807, 2.05) is 0 Å². The highest BCUT2D eigenvalue weighted by atomic mass is 19.4. The first-order valence-corrected chi connectivity index (χ1v) is 9.44. The number of halogens is 3. The number of amides is 3. The van der Waals surface area contributed by atoms with E-state index < -0.39 is 30.1 Å². The van der Waals surface area contributed by atoms with Gasteiger partial charge in [0.25, 0.3) is 5.91 Å². The lowest BCUT2D eigenvalue weighted by molar-refractivity contribution is -0.274. The van der Waals surface area contributed by atoms with Crippen LogP contribution in [0.3, 0.4) is 0 Å². The van der Waals surface area contributed by atoms with Crippen molar-refractivity contribution in [2.45, 2.75) is 24.9 Å². The van der Waals surface area contributed by atoms with Gasteiger partial charge in [0.1, 0.15) is 17.8 Å². The van der Waals surface area contributed by atoms with Crippen LogP contribution in [0.1, 0.15) is 16.1 Å². The molecule has 1 aromatic carbocycles. The highest BCUT2D eigenvalue weighted by Gasteiger charge is 2.44. The average Bonchev–Trinajstić information content (AvgIpc) is 3.23. The van der Waals surface area contributed by atoms with Crippen molar-refractivity contribution in [1.29, 1.82) is 0 Å². The van der Waals surface area contributed by atoms with Crippen LogP contribution in [-0.2, 0) is 16.0 Å². The first kappa shape index (κ1) is 20.7. The largest absolute Gasteiger partial charge is 0.573 e. The first-order valence-electron chi connectivity index (χ1n) is 9.44. The van der Waals surface area contributed by atoms with Gasteiger partial charge < -0.3 is 24.8 Å². The van der Waals surface area contributed by atoms with Gasteiger partial charge in [-0.15, -0.1) is 13.2 Å². The third kappa shape index (κ3) is 4.47. The van der Waals surface area contributed by atoms with Crippen LogP contribution in [-0.4, -0.2) is 75.6 Å². The number of carbonyl (C=O) groups is 3. The van der Waals surface area contributed by atoms with Gasteiger partial charge in [0.2, 0.25) is 11.8 Å². The smallest absolute Gasteiger partial charge is 0.406 e. The van der Waals surface area contributed by atoms with E-state index in [9.17, 15) is 27.6 Å². The van der Waals surface area contributed by atoms with Crippen molar-refractivity contribution >= 4 is 17.7 Å². The Morgan fingerprint density at radius 2 is 1.94 bits per heavy atom. The van der Waals surface area contributed by atoms with E-state index in [0.717, 1.165) is 12.1 Å². The van der Waals surface area contributed by atoms with Gasteiger partial charge >= 0.3 is 6.36 Å². The molecule has 164 valence electrons. The number of nitrogens with one attached hydrogen (secondary N) is 2. The van der Waals surface area contributed by atoms with Crippen molar-refractivity contribution < 1.29 is 32.3 Å². The summed E-state index contributed by atoms with van der Waals surface area (Å²) in [7, 11) is 0. The fraction of sp³-hybridized carbons (Fsp3) is 0.368. The number of nitrogens with zero attached hydrogens (tertiary/aromatic N) is 3. The van der Waals surface area contributed by atoms with Gasteiger partial charge in [-0.05, 0) is 24.3 Å². The van der Waals surface area contributed by atoms with E-state index in [1.165, 1.54) is 28.3 Å². The zero-order chi connectivity index (χ0) is 22.2. The van der Waals surface area contributed by atoms with Gasteiger partial charge in [0.05, 0.1) is 12.9 Å². The molecule has 12 heteroatoms. The summed E-state index contributed by atoms with van der Waals surface area (Å²) >= 11 is 0. The molecule has 2 fully saturated rings. The SMILES string of the molecule is O=C1N[C@@H](Cc2cnc[nH]2)C(=O)N2CCN(C(=O)c3ccc(OC(F)(F)F)cc3)C[C@H]12. The summed E-state index contributed by atoms with van der Waals surface area (Å²) in [4.78, 5) is 47.8. The molecule has 2 atom stereocenters. The number of alkyl halides is 3. The predicted octanol–water partition coefficient (Wildman–Crippen LogP) is 0.702. The topological polar surface area (TPSA) is 108 Å². The molecule has 2 aliphatic rings. The number of piperazine rings is 2. The highest BCUT2D eigenvalue weighted by molar-refractivity contribution is 5.99. The number of aromatic nitrogens is 2. The molecular formula is C19H18F3N5O4. The summed E-state index contributed by atoms with van der Waals surface area (Å²) in [5.41, 5.74) is 0.867. The molecule has 3 heterocycles. The molecule has 3 amide bonds. The minimum atomic E-state index is -4.82. The van der Waals surface area contributed by atoms with Crippen molar-refractivity contribution in [2.24, 2.45) is 0 Å². The Labute approximate surface area is 174 Å². The summed E-state index contributed by atoms with van der Waals surface area (Å²) < 4.78 is 40.6. The lowest BCUT2D eigenvalue weighted by Gasteiger charge is -2.45. The Kier molecular flexibility index (Phi) is 5.29. The van der Waals surface area contributed by atoms with Crippen molar-refractivity contribution in [1.82, 2.24) is 25.1 Å². The Morgan fingerprint density at radius 3 is 2.58 bits per heavy atom. The molecule has 0 saturated carbocycles. The van der Waals surface area contributed by atoms with Gasteiger partial charge in [-0.1, -0.05) is 0 Å². The molecule has 4 rings (SSSR count). The number of rotatable bonds is 4. The van der Waals surface area contributed by atoms with Gasteiger partial charge in [0.15, 0.2) is 0 Å². The fourth-order valence-corrected chi connectivity index (χ4v) is 3.72. The molecule has 2 aromatic rings. The average molecular weight is 437 g/mol. The van der Waals surface area contributed by atoms with Gasteiger partial charge in [-0.2, -0.15) is 0 Å². The Balaban J connectivity index is 1.41. The van der Waals surface area contributed by atoms with Crippen LogP contribution >= 0.6 is 0 Å². The van der Waals surface area contributed by atoms with Crippen molar-refractivity contribution in [2.75, 3.05) is 19.6 Å². The van der Waals surface area contributed by atoms with Gasteiger partial charge in [-0.3, -0.25) is 14.4 Å². The zero-order valence-electron chi connectivity index (χ0n) is 16.1. The molecule has 2 N–H and O–H groups in total. The molecule has 0 unspecified atom stereocenters. The van der Waals surface area contributed by atoms with E-state index in [1.54, 1.807) is 6.20 Å². The van der Waals surface area contributed by atoms with Crippen LogP contribution in [0.25, 0.3) is 0 Å². The second-order valence-electron chi connectivity index (χ2n) is 7.21. The lowest BCUT2D eigenvalue weighted by atomic mass is 10.0. The third-order valence-corrected chi connectivity index (χ3v) is 5.18. The summed E-state index contributed by atoms with van der Waals surface area (Å²) in [5.74, 6) is -1.48. The Hall–Kier alpha value is -3.57. The monoisotopic (exact) mass is 437 g/mol. The van der Waals surface area contributed by atoms with Gasteiger partial charge in [0, 0.05) is 37.0 Å². The second kappa shape index (κ2) is 7.93. The number of carbonyl (C=O) groups excluding carboxylic acids is 3. The van der Waals surface area contributed by atoms with Crippen LogP contribution in [0.4, 0.5) is 13.2 Å². The quantitative estimate of drug-likeness (QED) is 0.733. The maximum atomic E-state index is 12.8.